The van der Waals surface area contributed by atoms with Crippen LogP contribution in [0.25, 0.3) is 22.4 Å². The minimum atomic E-state index is -0.457. The van der Waals surface area contributed by atoms with Gasteiger partial charge in [-0.25, -0.2) is 4.98 Å². The van der Waals surface area contributed by atoms with E-state index in [1.54, 1.807) is 6.07 Å². The third-order valence-corrected chi connectivity index (χ3v) is 6.69. The molecule has 1 saturated heterocycles. The zero-order chi connectivity index (χ0) is 20.5. The highest BCUT2D eigenvalue weighted by Crippen LogP contribution is 2.27. The molecular formula is C24H29N5O. The predicted octanol–water partition coefficient (Wildman–Crippen LogP) is 3.78. The number of primary amides is 1. The Balaban J connectivity index is 1.29. The Hall–Kier alpha value is -2.86. The van der Waals surface area contributed by atoms with Gasteiger partial charge in [-0.05, 0) is 49.2 Å². The number of H-pyrrole nitrogens is 1. The second kappa shape index (κ2) is 8.11. The molecule has 6 heteroatoms. The van der Waals surface area contributed by atoms with E-state index < -0.39 is 5.91 Å². The average molecular weight is 404 g/mol. The molecule has 1 aliphatic carbocycles. The van der Waals surface area contributed by atoms with E-state index in [2.05, 4.69) is 44.0 Å². The Morgan fingerprint density at radius 2 is 1.70 bits per heavy atom. The SMILES string of the molecule is NC(=O)c1cccc2[nH]c(-c3ccc(N4CCN(C5CCCCC5)CC4)cc3)nc12. The lowest BCUT2D eigenvalue weighted by atomic mass is 9.94. The van der Waals surface area contributed by atoms with Gasteiger partial charge in [0.15, 0.2) is 0 Å². The fourth-order valence-corrected chi connectivity index (χ4v) is 4.99. The molecule has 0 bridgehead atoms. The number of nitrogens with zero attached hydrogens (tertiary/aromatic N) is 3. The molecule has 2 aliphatic rings. The molecule has 2 fully saturated rings. The molecule has 0 atom stereocenters. The van der Waals surface area contributed by atoms with Gasteiger partial charge in [0.1, 0.15) is 11.3 Å². The van der Waals surface area contributed by atoms with E-state index in [0.29, 0.717) is 11.1 Å². The average Bonchev–Trinajstić information content (AvgIpc) is 3.24. The van der Waals surface area contributed by atoms with Gasteiger partial charge in [0.25, 0.3) is 5.91 Å². The second-order valence-corrected chi connectivity index (χ2v) is 8.51. The highest BCUT2D eigenvalue weighted by atomic mass is 16.1. The third kappa shape index (κ3) is 3.67. The molecule has 1 aliphatic heterocycles. The zero-order valence-corrected chi connectivity index (χ0v) is 17.3. The highest BCUT2D eigenvalue weighted by molar-refractivity contribution is 6.04. The number of benzene rings is 2. The van der Waals surface area contributed by atoms with Gasteiger partial charge in [0, 0.05) is 43.5 Å². The smallest absolute Gasteiger partial charge is 0.250 e. The van der Waals surface area contributed by atoms with Gasteiger partial charge in [-0.2, -0.15) is 0 Å². The van der Waals surface area contributed by atoms with Gasteiger partial charge in [-0.3, -0.25) is 9.69 Å². The summed E-state index contributed by atoms with van der Waals surface area (Å²) in [7, 11) is 0. The van der Waals surface area contributed by atoms with Crippen molar-refractivity contribution in [1.82, 2.24) is 14.9 Å². The molecular weight excluding hydrogens is 374 g/mol. The maximum absolute atomic E-state index is 11.7. The van der Waals surface area contributed by atoms with Crippen molar-refractivity contribution in [2.45, 2.75) is 38.1 Å². The van der Waals surface area contributed by atoms with Crippen molar-refractivity contribution < 1.29 is 4.79 Å². The first-order valence-electron chi connectivity index (χ1n) is 11.1. The summed E-state index contributed by atoms with van der Waals surface area (Å²) < 4.78 is 0. The Labute approximate surface area is 177 Å². The molecule has 30 heavy (non-hydrogen) atoms. The number of piperazine rings is 1. The summed E-state index contributed by atoms with van der Waals surface area (Å²) in [4.78, 5) is 24.8. The summed E-state index contributed by atoms with van der Waals surface area (Å²) in [6, 6.07) is 14.8. The number of hydrogen-bond acceptors (Lipinski definition) is 4. The van der Waals surface area contributed by atoms with Crippen LogP contribution in [0.15, 0.2) is 42.5 Å². The first kappa shape index (κ1) is 19.1. The van der Waals surface area contributed by atoms with Crippen molar-refractivity contribution in [3.05, 3.63) is 48.0 Å². The van der Waals surface area contributed by atoms with Crippen LogP contribution in [0.1, 0.15) is 42.5 Å². The first-order valence-corrected chi connectivity index (χ1v) is 11.1. The van der Waals surface area contributed by atoms with E-state index in [9.17, 15) is 4.79 Å². The first-order chi connectivity index (χ1) is 14.7. The predicted molar refractivity (Wildman–Crippen MR) is 121 cm³/mol. The minimum Gasteiger partial charge on any atom is -0.369 e. The molecule has 0 unspecified atom stereocenters. The van der Waals surface area contributed by atoms with E-state index in [1.807, 2.05) is 12.1 Å². The van der Waals surface area contributed by atoms with Crippen LogP contribution in [0, 0.1) is 0 Å². The van der Waals surface area contributed by atoms with Crippen LogP contribution in [0.2, 0.25) is 0 Å². The molecule has 156 valence electrons. The topological polar surface area (TPSA) is 78.2 Å². The van der Waals surface area contributed by atoms with E-state index in [0.717, 1.165) is 49.1 Å². The van der Waals surface area contributed by atoms with Crippen LogP contribution in [-0.2, 0) is 0 Å². The van der Waals surface area contributed by atoms with Gasteiger partial charge in [-0.15, -0.1) is 0 Å². The Kier molecular flexibility index (Phi) is 5.17. The molecule has 0 spiro atoms. The molecule has 3 N–H and O–H groups in total. The van der Waals surface area contributed by atoms with Crippen molar-refractivity contribution in [2.24, 2.45) is 5.73 Å². The number of rotatable bonds is 4. The molecule has 2 aromatic carbocycles. The van der Waals surface area contributed by atoms with Crippen LogP contribution >= 0.6 is 0 Å². The number of imidazole rings is 1. The van der Waals surface area contributed by atoms with Crippen molar-refractivity contribution >= 4 is 22.6 Å². The summed E-state index contributed by atoms with van der Waals surface area (Å²) >= 11 is 0. The number of amides is 1. The molecule has 0 radical (unpaired) electrons. The fourth-order valence-electron chi connectivity index (χ4n) is 4.99. The van der Waals surface area contributed by atoms with Crippen LogP contribution in [-0.4, -0.2) is 53.0 Å². The van der Waals surface area contributed by atoms with Crippen LogP contribution in [0.5, 0.6) is 0 Å². The second-order valence-electron chi connectivity index (χ2n) is 8.51. The van der Waals surface area contributed by atoms with Crippen LogP contribution in [0.4, 0.5) is 5.69 Å². The highest BCUT2D eigenvalue weighted by Gasteiger charge is 2.25. The lowest BCUT2D eigenvalue weighted by Crippen LogP contribution is -2.50. The maximum Gasteiger partial charge on any atom is 0.250 e. The monoisotopic (exact) mass is 403 g/mol. The summed E-state index contributed by atoms with van der Waals surface area (Å²) in [5.74, 6) is 0.300. The zero-order valence-electron chi connectivity index (χ0n) is 17.3. The Morgan fingerprint density at radius 3 is 2.40 bits per heavy atom. The minimum absolute atomic E-state index is 0.447. The number of nitrogens with one attached hydrogen (secondary N) is 1. The van der Waals surface area contributed by atoms with Gasteiger partial charge < -0.3 is 15.6 Å². The normalized spacial score (nSPS) is 18.7. The lowest BCUT2D eigenvalue weighted by molar-refractivity contribution is 0.100. The molecule has 2 heterocycles. The van der Waals surface area contributed by atoms with Crippen LogP contribution in [0.3, 0.4) is 0 Å². The molecule has 5 rings (SSSR count). The number of aromatic nitrogens is 2. The number of nitrogens with two attached hydrogens (primary N) is 1. The number of aromatic amines is 1. The third-order valence-electron chi connectivity index (χ3n) is 6.69. The van der Waals surface area contributed by atoms with E-state index in [4.69, 9.17) is 5.73 Å². The Morgan fingerprint density at radius 1 is 0.967 bits per heavy atom. The summed E-state index contributed by atoms with van der Waals surface area (Å²) in [5, 5.41) is 0. The van der Waals surface area contributed by atoms with Crippen molar-refractivity contribution in [3.8, 4) is 11.4 Å². The summed E-state index contributed by atoms with van der Waals surface area (Å²) in [6.45, 7) is 4.49. The van der Waals surface area contributed by atoms with Crippen molar-refractivity contribution in [3.63, 3.8) is 0 Å². The Bertz CT molecular complexity index is 1030. The van der Waals surface area contributed by atoms with Gasteiger partial charge in [0.05, 0.1) is 11.1 Å². The number of carbonyl (C=O) groups excluding carboxylic acids is 1. The molecule has 1 aromatic heterocycles. The largest absolute Gasteiger partial charge is 0.369 e. The van der Waals surface area contributed by atoms with E-state index >= 15 is 0 Å². The molecule has 1 saturated carbocycles. The quantitative estimate of drug-likeness (QED) is 0.695. The van der Waals surface area contributed by atoms with Crippen LogP contribution < -0.4 is 10.6 Å². The van der Waals surface area contributed by atoms with Gasteiger partial charge >= 0.3 is 0 Å². The van der Waals surface area contributed by atoms with Crippen molar-refractivity contribution in [1.29, 1.82) is 0 Å². The number of carbonyl (C=O) groups is 1. The lowest BCUT2D eigenvalue weighted by Gasteiger charge is -2.41. The molecule has 1 amide bonds. The maximum atomic E-state index is 11.7. The van der Waals surface area contributed by atoms with Crippen molar-refractivity contribution in [2.75, 3.05) is 31.1 Å². The number of fused-ring (bicyclic) bond motifs is 1. The molecule has 6 nitrogen and oxygen atoms in total. The summed E-state index contributed by atoms with van der Waals surface area (Å²) in [5.41, 5.74) is 9.65. The van der Waals surface area contributed by atoms with E-state index in [-0.39, 0.29) is 0 Å². The standard InChI is InChI=1S/C24H29N5O/c25-23(30)20-7-4-8-21-22(20)27-24(26-21)17-9-11-19(12-10-17)29-15-13-28(14-16-29)18-5-2-1-3-6-18/h4,7-12,18H,1-3,5-6,13-16H2,(H2,25,30)(H,26,27). The van der Waals surface area contributed by atoms with Gasteiger partial charge in [0.2, 0.25) is 0 Å². The molecule has 3 aromatic rings. The number of para-hydroxylation sites is 1. The van der Waals surface area contributed by atoms with Gasteiger partial charge in [-0.1, -0.05) is 25.3 Å². The van der Waals surface area contributed by atoms with E-state index in [1.165, 1.54) is 37.8 Å². The summed E-state index contributed by atoms with van der Waals surface area (Å²) in [6.07, 6.45) is 6.97. The number of anilines is 1. The fraction of sp³-hybridized carbons (Fsp3) is 0.417. The number of hydrogen-bond donors (Lipinski definition) is 2.